The summed E-state index contributed by atoms with van der Waals surface area (Å²) >= 11 is 0. The molecule has 0 aromatic heterocycles. The first-order valence-electron chi connectivity index (χ1n) is 11.7. The van der Waals surface area contributed by atoms with Crippen LogP contribution < -0.4 is 19.9 Å². The largest absolute Gasteiger partial charge is 0.494 e. The van der Waals surface area contributed by atoms with Crippen molar-refractivity contribution in [3.8, 4) is 28.4 Å². The summed E-state index contributed by atoms with van der Waals surface area (Å²) in [6.45, 7) is 7.35. The van der Waals surface area contributed by atoms with Crippen LogP contribution in [-0.2, 0) is 6.42 Å². The SMILES string of the molecule is C=CCc1cc(-c2ccc(C(=N)N)cc2)ccc1OCCOc1ccc2ccc(OCC)cc2c1. The van der Waals surface area contributed by atoms with Crippen molar-refractivity contribution in [3.63, 3.8) is 0 Å². The van der Waals surface area contributed by atoms with Gasteiger partial charge in [-0.3, -0.25) is 5.41 Å². The van der Waals surface area contributed by atoms with E-state index in [1.165, 1.54) is 0 Å². The molecule has 5 heteroatoms. The van der Waals surface area contributed by atoms with E-state index in [0.717, 1.165) is 44.7 Å². The van der Waals surface area contributed by atoms with Crippen LogP contribution in [0.1, 0.15) is 18.1 Å². The number of ether oxygens (including phenoxy) is 3. The number of hydrogen-bond donors (Lipinski definition) is 2. The van der Waals surface area contributed by atoms with E-state index in [1.807, 2.05) is 79.7 Å². The lowest BCUT2D eigenvalue weighted by atomic mass is 9.99. The maximum Gasteiger partial charge on any atom is 0.123 e. The van der Waals surface area contributed by atoms with E-state index >= 15 is 0 Å². The molecule has 0 saturated carbocycles. The molecule has 5 nitrogen and oxygen atoms in total. The monoisotopic (exact) mass is 466 g/mol. The molecule has 0 fully saturated rings. The van der Waals surface area contributed by atoms with Gasteiger partial charge in [0.25, 0.3) is 0 Å². The van der Waals surface area contributed by atoms with E-state index < -0.39 is 0 Å². The lowest BCUT2D eigenvalue weighted by Gasteiger charge is -2.14. The molecule has 35 heavy (non-hydrogen) atoms. The molecule has 178 valence electrons. The number of allylic oxidation sites excluding steroid dienone is 1. The Morgan fingerprint density at radius 1 is 0.800 bits per heavy atom. The Bertz CT molecular complexity index is 1330. The predicted molar refractivity (Wildman–Crippen MR) is 143 cm³/mol. The number of fused-ring (bicyclic) bond motifs is 1. The third-order valence-electron chi connectivity index (χ3n) is 5.66. The van der Waals surface area contributed by atoms with Gasteiger partial charge >= 0.3 is 0 Å². The van der Waals surface area contributed by atoms with Crippen molar-refractivity contribution in [2.24, 2.45) is 5.73 Å². The van der Waals surface area contributed by atoms with E-state index in [1.54, 1.807) is 0 Å². The number of nitrogens with two attached hydrogens (primary N) is 1. The molecule has 0 heterocycles. The molecule has 0 aliphatic rings. The van der Waals surface area contributed by atoms with Gasteiger partial charge in [0.2, 0.25) is 0 Å². The fourth-order valence-electron chi connectivity index (χ4n) is 3.92. The van der Waals surface area contributed by atoms with Crippen LogP contribution in [0, 0.1) is 5.41 Å². The van der Waals surface area contributed by atoms with E-state index in [2.05, 4.69) is 18.7 Å². The Morgan fingerprint density at radius 3 is 2.11 bits per heavy atom. The molecule has 4 aromatic rings. The van der Waals surface area contributed by atoms with Crippen molar-refractivity contribution in [2.75, 3.05) is 19.8 Å². The Morgan fingerprint density at radius 2 is 1.46 bits per heavy atom. The van der Waals surface area contributed by atoms with Gasteiger partial charge in [-0.05, 0) is 77.2 Å². The standard InChI is InChI=1S/C30H30N2O3/c1-3-5-25-18-24(21-6-8-23(9-7-21)30(31)32)12-15-29(25)35-17-16-34-28-14-11-22-10-13-27(33-4-2)19-26(22)20-28/h3,6-15,18-20H,1,4-5,16-17H2,2H3,(H3,31,32). The minimum absolute atomic E-state index is 0.0637. The molecule has 0 aliphatic carbocycles. The highest BCUT2D eigenvalue weighted by atomic mass is 16.5. The molecule has 0 unspecified atom stereocenters. The number of benzene rings is 4. The van der Waals surface area contributed by atoms with Crippen molar-refractivity contribution in [1.82, 2.24) is 0 Å². The molecule has 0 spiro atoms. The summed E-state index contributed by atoms with van der Waals surface area (Å²) in [5.74, 6) is 2.53. The van der Waals surface area contributed by atoms with E-state index in [9.17, 15) is 0 Å². The van der Waals surface area contributed by atoms with Crippen LogP contribution >= 0.6 is 0 Å². The summed E-state index contributed by atoms with van der Waals surface area (Å²) < 4.78 is 17.6. The number of rotatable bonds is 11. The molecule has 0 radical (unpaired) electrons. The second kappa shape index (κ2) is 11.3. The van der Waals surface area contributed by atoms with Gasteiger partial charge in [-0.15, -0.1) is 6.58 Å². The van der Waals surface area contributed by atoms with Crippen molar-refractivity contribution >= 4 is 16.6 Å². The molecule has 0 atom stereocenters. The molecule has 0 amide bonds. The molecule has 3 N–H and O–H groups in total. The summed E-state index contributed by atoms with van der Waals surface area (Å²) in [6, 6.07) is 25.9. The van der Waals surface area contributed by atoms with Crippen LogP contribution in [0.15, 0.2) is 91.5 Å². The van der Waals surface area contributed by atoms with Gasteiger partial charge in [-0.25, -0.2) is 0 Å². The second-order valence-electron chi connectivity index (χ2n) is 8.11. The quantitative estimate of drug-likeness (QED) is 0.116. The summed E-state index contributed by atoms with van der Waals surface area (Å²) in [5.41, 5.74) is 9.46. The summed E-state index contributed by atoms with van der Waals surface area (Å²) in [6.07, 6.45) is 2.56. The van der Waals surface area contributed by atoms with Gasteiger partial charge in [-0.2, -0.15) is 0 Å². The second-order valence-corrected chi connectivity index (χ2v) is 8.11. The maximum absolute atomic E-state index is 7.56. The van der Waals surface area contributed by atoms with E-state index in [0.29, 0.717) is 31.8 Å². The minimum Gasteiger partial charge on any atom is -0.494 e. The fourth-order valence-corrected chi connectivity index (χ4v) is 3.92. The lowest BCUT2D eigenvalue weighted by molar-refractivity contribution is 0.216. The molecule has 0 saturated heterocycles. The average molecular weight is 467 g/mol. The average Bonchev–Trinajstić information content (AvgIpc) is 2.87. The summed E-state index contributed by atoms with van der Waals surface area (Å²) in [7, 11) is 0. The van der Waals surface area contributed by atoms with Crippen LogP contribution in [0.5, 0.6) is 17.2 Å². The van der Waals surface area contributed by atoms with Gasteiger partial charge in [0, 0.05) is 5.56 Å². The Kier molecular flexibility index (Phi) is 7.68. The van der Waals surface area contributed by atoms with Crippen LogP contribution in [-0.4, -0.2) is 25.7 Å². The van der Waals surface area contributed by atoms with E-state index in [4.69, 9.17) is 25.4 Å². The minimum atomic E-state index is 0.0637. The van der Waals surface area contributed by atoms with Gasteiger partial charge in [-0.1, -0.05) is 48.5 Å². The van der Waals surface area contributed by atoms with Crippen molar-refractivity contribution in [2.45, 2.75) is 13.3 Å². The number of amidine groups is 1. The van der Waals surface area contributed by atoms with Crippen molar-refractivity contribution in [3.05, 3.63) is 103 Å². The molecule has 4 aromatic carbocycles. The topological polar surface area (TPSA) is 77.6 Å². The van der Waals surface area contributed by atoms with Crippen molar-refractivity contribution < 1.29 is 14.2 Å². The van der Waals surface area contributed by atoms with Gasteiger partial charge in [0.1, 0.15) is 36.3 Å². The third kappa shape index (κ3) is 6.01. The maximum atomic E-state index is 7.56. The van der Waals surface area contributed by atoms with Crippen LogP contribution in [0.3, 0.4) is 0 Å². The number of nitrogen functional groups attached to an aromatic ring is 1. The number of nitrogens with one attached hydrogen (secondary N) is 1. The zero-order chi connectivity index (χ0) is 24.6. The number of hydrogen-bond acceptors (Lipinski definition) is 4. The van der Waals surface area contributed by atoms with Gasteiger partial charge in [0.05, 0.1) is 6.61 Å². The first-order chi connectivity index (χ1) is 17.1. The Balaban J connectivity index is 1.40. The third-order valence-corrected chi connectivity index (χ3v) is 5.66. The first-order valence-corrected chi connectivity index (χ1v) is 11.7. The zero-order valence-electron chi connectivity index (χ0n) is 19.9. The zero-order valence-corrected chi connectivity index (χ0v) is 19.9. The molecule has 0 aliphatic heterocycles. The highest BCUT2D eigenvalue weighted by molar-refractivity contribution is 5.95. The Hall–Kier alpha value is -4.25. The van der Waals surface area contributed by atoms with Crippen LogP contribution in [0.25, 0.3) is 21.9 Å². The van der Waals surface area contributed by atoms with Gasteiger partial charge in [0.15, 0.2) is 0 Å². The van der Waals surface area contributed by atoms with Crippen LogP contribution in [0.2, 0.25) is 0 Å². The smallest absolute Gasteiger partial charge is 0.123 e. The fraction of sp³-hybridized carbons (Fsp3) is 0.167. The molecule has 4 rings (SSSR count). The molecular formula is C30H30N2O3. The molecule has 0 bridgehead atoms. The molecular weight excluding hydrogens is 436 g/mol. The lowest BCUT2D eigenvalue weighted by Crippen LogP contribution is -2.10. The van der Waals surface area contributed by atoms with E-state index in [-0.39, 0.29) is 5.84 Å². The summed E-state index contributed by atoms with van der Waals surface area (Å²) in [4.78, 5) is 0. The van der Waals surface area contributed by atoms with Crippen molar-refractivity contribution in [1.29, 1.82) is 5.41 Å². The Labute approximate surface area is 206 Å². The summed E-state index contributed by atoms with van der Waals surface area (Å²) in [5, 5.41) is 9.78. The predicted octanol–water partition coefficient (Wildman–Crippen LogP) is 6.38. The van der Waals surface area contributed by atoms with Gasteiger partial charge < -0.3 is 19.9 Å². The first kappa shape index (κ1) is 23.9. The van der Waals surface area contributed by atoms with Crippen LogP contribution in [0.4, 0.5) is 0 Å². The highest BCUT2D eigenvalue weighted by Gasteiger charge is 2.08. The highest BCUT2D eigenvalue weighted by Crippen LogP contribution is 2.28. The normalized spacial score (nSPS) is 10.7.